The van der Waals surface area contributed by atoms with Gasteiger partial charge in [-0.2, -0.15) is 18.2 Å². The summed E-state index contributed by atoms with van der Waals surface area (Å²) in [5.41, 5.74) is 0.475. The van der Waals surface area contributed by atoms with Gasteiger partial charge in [-0.3, -0.25) is 4.79 Å². The lowest BCUT2D eigenvalue weighted by Crippen LogP contribution is -2.50. The van der Waals surface area contributed by atoms with Crippen molar-refractivity contribution in [3.63, 3.8) is 0 Å². The number of nitrogens with one attached hydrogen (secondary N) is 2. The largest absolute Gasteiger partial charge is 0.474 e. The summed E-state index contributed by atoms with van der Waals surface area (Å²) in [5.74, 6) is 1.34. The minimum atomic E-state index is -4.42. The molecule has 172 valence electrons. The number of halogens is 3. The van der Waals surface area contributed by atoms with Gasteiger partial charge >= 0.3 is 6.18 Å². The average molecular weight is 450 g/mol. The van der Waals surface area contributed by atoms with Crippen LogP contribution in [-0.4, -0.2) is 46.1 Å². The maximum atomic E-state index is 12.6. The van der Waals surface area contributed by atoms with E-state index in [1.165, 1.54) is 6.07 Å². The molecule has 1 atom stereocenters. The Morgan fingerprint density at radius 1 is 1.25 bits per heavy atom. The number of aromatic nitrogens is 3. The first-order valence-corrected chi connectivity index (χ1v) is 10.4. The monoisotopic (exact) mass is 450 g/mol. The summed E-state index contributed by atoms with van der Waals surface area (Å²) < 4.78 is 43.5. The summed E-state index contributed by atoms with van der Waals surface area (Å²) in [6.07, 6.45) is -2.52. The number of hydrogen-bond donors (Lipinski definition) is 2. The smallest absolute Gasteiger partial charge is 0.417 e. The third-order valence-corrected chi connectivity index (χ3v) is 5.75. The first-order chi connectivity index (χ1) is 15.0. The van der Waals surface area contributed by atoms with Gasteiger partial charge in [-0.15, -0.1) is 0 Å². The summed E-state index contributed by atoms with van der Waals surface area (Å²) in [6.45, 7) is 5.79. The average Bonchev–Trinajstić information content (AvgIpc) is 2.67. The molecule has 1 aliphatic heterocycles. The Balaban J connectivity index is 1.37. The zero-order valence-corrected chi connectivity index (χ0v) is 18.2. The zero-order valence-electron chi connectivity index (χ0n) is 18.2. The van der Waals surface area contributed by atoms with E-state index in [9.17, 15) is 18.0 Å². The van der Waals surface area contributed by atoms with E-state index in [2.05, 4.69) is 25.6 Å². The van der Waals surface area contributed by atoms with Crippen LogP contribution in [0.4, 0.5) is 30.6 Å². The molecule has 0 bridgehead atoms. The highest BCUT2D eigenvalue weighted by Gasteiger charge is 2.37. The van der Waals surface area contributed by atoms with Gasteiger partial charge in [0.15, 0.2) is 5.82 Å². The third kappa shape index (κ3) is 4.28. The number of carbonyl (C=O) groups is 1. The van der Waals surface area contributed by atoms with Gasteiger partial charge in [0.2, 0.25) is 17.7 Å². The van der Waals surface area contributed by atoms with Crippen molar-refractivity contribution in [1.29, 1.82) is 0 Å². The lowest BCUT2D eigenvalue weighted by Gasteiger charge is -2.38. The van der Waals surface area contributed by atoms with Gasteiger partial charge in [-0.25, -0.2) is 9.97 Å². The number of ether oxygens (including phenoxy) is 1. The number of nitrogens with zero attached hydrogens (tertiary/aromatic N) is 4. The first-order valence-electron chi connectivity index (χ1n) is 10.4. The number of alkyl halides is 3. The number of aryl methyl sites for hydroxylation is 1. The van der Waals surface area contributed by atoms with Crippen LogP contribution in [0, 0.1) is 12.8 Å². The minimum absolute atomic E-state index is 0.0660. The Morgan fingerprint density at radius 3 is 2.56 bits per heavy atom. The second-order valence-corrected chi connectivity index (χ2v) is 8.56. The van der Waals surface area contributed by atoms with Crippen molar-refractivity contribution in [2.45, 2.75) is 58.0 Å². The number of amides is 1. The molecule has 0 aromatic carbocycles. The molecular weight excluding hydrogens is 425 g/mol. The van der Waals surface area contributed by atoms with Crippen molar-refractivity contribution in [3.8, 4) is 5.88 Å². The molecule has 0 radical (unpaired) electrons. The van der Waals surface area contributed by atoms with Crippen LogP contribution in [0.5, 0.6) is 5.88 Å². The predicted molar refractivity (Wildman–Crippen MR) is 113 cm³/mol. The van der Waals surface area contributed by atoms with Crippen LogP contribution >= 0.6 is 0 Å². The van der Waals surface area contributed by atoms with Gasteiger partial charge in [0.1, 0.15) is 17.8 Å². The number of anilines is 3. The van der Waals surface area contributed by atoms with Gasteiger partial charge in [0, 0.05) is 38.2 Å². The molecule has 1 unspecified atom stereocenters. The van der Waals surface area contributed by atoms with E-state index >= 15 is 0 Å². The summed E-state index contributed by atoms with van der Waals surface area (Å²) in [6, 6.07) is 1.94. The molecule has 2 aromatic rings. The Hall–Kier alpha value is -3.11. The molecule has 2 N–H and O–H groups in total. The van der Waals surface area contributed by atoms with Gasteiger partial charge in [-0.1, -0.05) is 13.8 Å². The normalized spacial score (nSPS) is 22.8. The van der Waals surface area contributed by atoms with Crippen molar-refractivity contribution in [1.82, 2.24) is 15.0 Å². The van der Waals surface area contributed by atoms with E-state index < -0.39 is 11.7 Å². The number of fused-ring (bicyclic) bond motifs is 1. The molecule has 4 rings (SSSR count). The number of likely N-dealkylation sites (N-methyl/N-ethyl adjacent to an activating group) is 1. The lowest BCUT2D eigenvalue weighted by atomic mass is 9.89. The Kier molecular flexibility index (Phi) is 5.59. The van der Waals surface area contributed by atoms with Crippen molar-refractivity contribution in [3.05, 3.63) is 29.6 Å². The summed E-state index contributed by atoms with van der Waals surface area (Å²) >= 11 is 0. The molecule has 2 aliphatic rings. The Labute approximate surface area is 183 Å². The highest BCUT2D eigenvalue weighted by molar-refractivity contribution is 6.03. The molecule has 8 nitrogen and oxygen atoms in total. The van der Waals surface area contributed by atoms with E-state index in [0.717, 1.165) is 12.3 Å². The van der Waals surface area contributed by atoms with Gasteiger partial charge in [0.05, 0.1) is 11.3 Å². The third-order valence-electron chi connectivity index (χ3n) is 5.75. The molecule has 0 saturated heterocycles. The maximum Gasteiger partial charge on any atom is 0.417 e. The Bertz CT molecular complexity index is 1010. The molecule has 11 heteroatoms. The van der Waals surface area contributed by atoms with Crippen molar-refractivity contribution < 1.29 is 22.7 Å². The molecule has 32 heavy (non-hydrogen) atoms. The zero-order chi connectivity index (χ0) is 23.2. The second kappa shape index (κ2) is 8.10. The van der Waals surface area contributed by atoms with Crippen LogP contribution in [-0.2, 0) is 11.0 Å². The van der Waals surface area contributed by atoms with Crippen molar-refractivity contribution in [2.75, 3.05) is 22.6 Å². The number of carbonyl (C=O) groups excluding carboxylic acids is 1. The second-order valence-electron chi connectivity index (χ2n) is 8.56. The molecule has 1 saturated carbocycles. The van der Waals surface area contributed by atoms with Crippen LogP contribution in [0.2, 0.25) is 0 Å². The minimum Gasteiger partial charge on any atom is -0.474 e. The topological polar surface area (TPSA) is 92.3 Å². The van der Waals surface area contributed by atoms with E-state index in [1.54, 1.807) is 0 Å². The standard InChI is InChI=1S/C21H25F3N6O2/c1-10(2)17-19(31)28-16-11(3)26-20(29-18(16)30(17)4)27-13-7-14(8-13)32-15-6-5-12(9-25-15)21(22,23)24/h5-6,9-10,13-14,17H,7-8H2,1-4H3,(H,28,31)(H,26,27,29). The van der Waals surface area contributed by atoms with E-state index in [0.29, 0.717) is 36.0 Å². The SMILES string of the molecule is Cc1nc(NC2CC(Oc3ccc(C(F)(F)F)cn3)C2)nc2c1NC(=O)C(C(C)C)N2C. The van der Waals surface area contributed by atoms with Crippen LogP contribution in [0.15, 0.2) is 18.3 Å². The highest BCUT2D eigenvalue weighted by Crippen LogP contribution is 2.35. The molecule has 2 aromatic heterocycles. The fraction of sp³-hybridized carbons (Fsp3) is 0.524. The van der Waals surface area contributed by atoms with E-state index in [1.807, 2.05) is 32.7 Å². The lowest BCUT2D eigenvalue weighted by molar-refractivity contribution is -0.137. The van der Waals surface area contributed by atoms with Gasteiger partial charge in [0.25, 0.3) is 0 Å². The summed E-state index contributed by atoms with van der Waals surface area (Å²) in [5, 5.41) is 6.19. The molecule has 1 amide bonds. The predicted octanol–water partition coefficient (Wildman–Crippen LogP) is 3.63. The Morgan fingerprint density at radius 2 is 1.97 bits per heavy atom. The van der Waals surface area contributed by atoms with E-state index in [-0.39, 0.29) is 35.9 Å². The highest BCUT2D eigenvalue weighted by atomic mass is 19.4. The first kappa shape index (κ1) is 22.1. The fourth-order valence-electron chi connectivity index (χ4n) is 4.03. The summed E-state index contributed by atoms with van der Waals surface area (Å²) in [4.78, 5) is 27.1. The van der Waals surface area contributed by atoms with Crippen LogP contribution in [0.1, 0.15) is 37.9 Å². The van der Waals surface area contributed by atoms with Crippen molar-refractivity contribution in [2.24, 2.45) is 5.92 Å². The molecule has 1 fully saturated rings. The summed E-state index contributed by atoms with van der Waals surface area (Å²) in [7, 11) is 1.85. The number of pyridine rings is 1. The number of rotatable bonds is 5. The maximum absolute atomic E-state index is 12.6. The molecular formula is C21H25F3N6O2. The van der Waals surface area contributed by atoms with Crippen LogP contribution < -0.4 is 20.3 Å². The van der Waals surface area contributed by atoms with Crippen LogP contribution in [0.3, 0.4) is 0 Å². The number of hydrogen-bond acceptors (Lipinski definition) is 7. The van der Waals surface area contributed by atoms with Gasteiger partial charge in [-0.05, 0) is 18.9 Å². The van der Waals surface area contributed by atoms with E-state index in [4.69, 9.17) is 4.74 Å². The quantitative estimate of drug-likeness (QED) is 0.719. The molecule has 3 heterocycles. The van der Waals surface area contributed by atoms with Crippen LogP contribution in [0.25, 0.3) is 0 Å². The fourth-order valence-corrected chi connectivity index (χ4v) is 4.03. The molecule has 0 spiro atoms. The van der Waals surface area contributed by atoms with Crippen molar-refractivity contribution >= 4 is 23.4 Å². The molecule has 1 aliphatic carbocycles. The van der Waals surface area contributed by atoms with Gasteiger partial charge < -0.3 is 20.3 Å².